The van der Waals surface area contributed by atoms with E-state index in [0.29, 0.717) is 10.7 Å². The van der Waals surface area contributed by atoms with E-state index in [4.69, 9.17) is 11.6 Å². The number of hydrogen-bond donors (Lipinski definition) is 0. The summed E-state index contributed by atoms with van der Waals surface area (Å²) < 4.78 is 24.5. The molecular formula is C8H9ClN2O2S. The van der Waals surface area contributed by atoms with E-state index in [1.165, 1.54) is 0 Å². The molecule has 4 nitrogen and oxygen atoms in total. The first-order chi connectivity index (χ1) is 6.38. The highest BCUT2D eigenvalue weighted by Gasteiger charge is 2.00. The molecule has 0 aliphatic heterocycles. The number of halogens is 1. The average Bonchev–Trinajstić information content (AvgIpc) is 2.00. The fourth-order valence-electron chi connectivity index (χ4n) is 0.811. The number of hydrogen-bond acceptors (Lipinski definition) is 3. The van der Waals surface area contributed by atoms with Gasteiger partial charge in [0.25, 0.3) is 10.0 Å². The van der Waals surface area contributed by atoms with E-state index >= 15 is 0 Å². The lowest BCUT2D eigenvalue weighted by Gasteiger charge is -1.97. The molecule has 0 fully saturated rings. The van der Waals surface area contributed by atoms with Crippen molar-refractivity contribution in [2.24, 2.45) is 9.63 Å². The standard InChI is InChI=1S/C8H9ClN2O2S/c1-6-3-4-8(7(9)5-6)10-11-14(2,12)13/h3-5H,1-2H3. The van der Waals surface area contributed by atoms with Gasteiger partial charge in [0.05, 0.1) is 11.3 Å². The molecule has 0 aliphatic rings. The smallest absolute Gasteiger partial charge is 0.203 e. The van der Waals surface area contributed by atoms with Gasteiger partial charge in [0.15, 0.2) is 0 Å². The molecule has 6 heteroatoms. The zero-order valence-electron chi connectivity index (χ0n) is 7.73. The molecule has 0 bridgehead atoms. The zero-order valence-corrected chi connectivity index (χ0v) is 9.30. The number of rotatable bonds is 2. The first-order valence-electron chi connectivity index (χ1n) is 3.77. The predicted octanol–water partition coefficient (Wildman–Crippen LogP) is 2.69. The Hall–Kier alpha value is -0.940. The number of aryl methyl sites for hydroxylation is 1. The molecule has 0 spiro atoms. The summed E-state index contributed by atoms with van der Waals surface area (Å²) in [6.07, 6.45) is 0.971. The van der Waals surface area contributed by atoms with Crippen LogP contribution in [0.4, 0.5) is 5.69 Å². The van der Waals surface area contributed by atoms with E-state index in [0.717, 1.165) is 11.8 Å². The Morgan fingerprint density at radius 2 is 2.00 bits per heavy atom. The Balaban J connectivity index is 3.05. The molecular weight excluding hydrogens is 224 g/mol. The lowest BCUT2D eigenvalue weighted by Crippen LogP contribution is -1.86. The third-order valence-electron chi connectivity index (χ3n) is 1.40. The fourth-order valence-corrected chi connectivity index (χ4v) is 1.32. The Morgan fingerprint density at radius 1 is 1.36 bits per heavy atom. The minimum atomic E-state index is -3.45. The SMILES string of the molecule is Cc1ccc(N=NS(C)(=O)=O)c(Cl)c1. The van der Waals surface area contributed by atoms with Crippen molar-refractivity contribution in [1.29, 1.82) is 0 Å². The third kappa shape index (κ3) is 3.43. The largest absolute Gasteiger partial charge is 0.267 e. The van der Waals surface area contributed by atoms with Crippen LogP contribution in [0, 0.1) is 6.92 Å². The van der Waals surface area contributed by atoms with Gasteiger partial charge in [-0.05, 0) is 24.6 Å². The second-order valence-corrected chi connectivity index (χ2v) is 4.91. The normalized spacial score (nSPS) is 12.2. The first kappa shape index (κ1) is 11.1. The van der Waals surface area contributed by atoms with Gasteiger partial charge < -0.3 is 0 Å². The molecule has 0 aliphatic carbocycles. The highest BCUT2D eigenvalue weighted by molar-refractivity contribution is 7.89. The molecule has 1 aromatic rings. The van der Waals surface area contributed by atoms with E-state index in [2.05, 4.69) is 9.63 Å². The number of benzene rings is 1. The average molecular weight is 233 g/mol. The monoisotopic (exact) mass is 232 g/mol. The first-order valence-corrected chi connectivity index (χ1v) is 6.00. The molecule has 0 saturated heterocycles. The van der Waals surface area contributed by atoms with Crippen molar-refractivity contribution in [3.05, 3.63) is 28.8 Å². The van der Waals surface area contributed by atoms with Crippen molar-refractivity contribution in [1.82, 2.24) is 0 Å². The molecule has 1 rings (SSSR count). The predicted molar refractivity (Wildman–Crippen MR) is 55.5 cm³/mol. The lowest BCUT2D eigenvalue weighted by molar-refractivity contribution is 0.601. The van der Waals surface area contributed by atoms with Gasteiger partial charge in [-0.3, -0.25) is 0 Å². The third-order valence-corrected chi connectivity index (χ3v) is 2.08. The van der Waals surface area contributed by atoms with Crippen molar-refractivity contribution >= 4 is 27.3 Å². The second kappa shape index (κ2) is 4.06. The van der Waals surface area contributed by atoms with Gasteiger partial charge in [-0.15, -0.1) is 5.11 Å². The topological polar surface area (TPSA) is 58.9 Å². The van der Waals surface area contributed by atoms with Crippen LogP contribution in [0.3, 0.4) is 0 Å². The van der Waals surface area contributed by atoms with Gasteiger partial charge in [-0.25, -0.2) is 8.42 Å². The molecule has 14 heavy (non-hydrogen) atoms. The summed E-state index contributed by atoms with van der Waals surface area (Å²) in [6.45, 7) is 1.88. The van der Waals surface area contributed by atoms with Crippen LogP contribution in [0.1, 0.15) is 5.56 Å². The van der Waals surface area contributed by atoms with Gasteiger partial charge in [-0.1, -0.05) is 22.2 Å². The summed E-state index contributed by atoms with van der Waals surface area (Å²) in [4.78, 5) is 0. The van der Waals surface area contributed by atoms with Crippen molar-refractivity contribution in [3.8, 4) is 0 Å². The van der Waals surface area contributed by atoms with Crippen molar-refractivity contribution in [2.45, 2.75) is 6.92 Å². The molecule has 0 radical (unpaired) electrons. The summed E-state index contributed by atoms with van der Waals surface area (Å²) in [5, 5.41) is 3.91. The molecule has 0 amide bonds. The van der Waals surface area contributed by atoms with Crippen molar-refractivity contribution in [3.63, 3.8) is 0 Å². The minimum absolute atomic E-state index is 0.350. The molecule has 0 aromatic heterocycles. The Kier molecular flexibility index (Phi) is 3.23. The number of nitrogens with zero attached hydrogens (tertiary/aromatic N) is 2. The zero-order chi connectivity index (χ0) is 10.8. The van der Waals surface area contributed by atoms with Gasteiger partial charge in [0.2, 0.25) is 0 Å². The van der Waals surface area contributed by atoms with Crippen LogP contribution >= 0.6 is 11.6 Å². The van der Waals surface area contributed by atoms with Crippen LogP contribution in [0.15, 0.2) is 27.8 Å². The van der Waals surface area contributed by atoms with Gasteiger partial charge in [0.1, 0.15) is 5.69 Å². The molecule has 0 heterocycles. The fraction of sp³-hybridized carbons (Fsp3) is 0.250. The highest BCUT2D eigenvalue weighted by Crippen LogP contribution is 2.25. The summed E-state index contributed by atoms with van der Waals surface area (Å²) in [5.41, 5.74) is 1.33. The van der Waals surface area contributed by atoms with E-state index in [-0.39, 0.29) is 0 Å². The van der Waals surface area contributed by atoms with Crippen molar-refractivity contribution in [2.75, 3.05) is 6.26 Å². The van der Waals surface area contributed by atoms with E-state index in [1.807, 2.05) is 6.92 Å². The summed E-state index contributed by atoms with van der Waals surface area (Å²) in [6, 6.07) is 5.09. The van der Waals surface area contributed by atoms with Crippen LogP contribution in [-0.2, 0) is 10.0 Å². The van der Waals surface area contributed by atoms with Gasteiger partial charge in [-0.2, -0.15) is 0 Å². The molecule has 76 valence electrons. The number of sulfonamides is 1. The van der Waals surface area contributed by atoms with Crippen LogP contribution in [0.5, 0.6) is 0 Å². The Morgan fingerprint density at radius 3 is 2.50 bits per heavy atom. The second-order valence-electron chi connectivity index (χ2n) is 2.87. The van der Waals surface area contributed by atoms with Crippen LogP contribution in [0.2, 0.25) is 5.02 Å². The van der Waals surface area contributed by atoms with Crippen LogP contribution in [-0.4, -0.2) is 14.7 Å². The molecule has 0 unspecified atom stereocenters. The summed E-state index contributed by atoms with van der Waals surface area (Å²) in [7, 11) is -3.45. The Bertz CT molecular complexity index is 468. The lowest BCUT2D eigenvalue weighted by atomic mass is 10.2. The van der Waals surface area contributed by atoms with Gasteiger partial charge >= 0.3 is 0 Å². The van der Waals surface area contributed by atoms with Gasteiger partial charge in [0, 0.05) is 0 Å². The molecule has 0 saturated carbocycles. The maximum absolute atomic E-state index is 10.7. The maximum atomic E-state index is 10.7. The van der Waals surface area contributed by atoms with E-state index < -0.39 is 10.0 Å². The molecule has 0 atom stereocenters. The minimum Gasteiger partial charge on any atom is -0.203 e. The summed E-state index contributed by atoms with van der Waals surface area (Å²) >= 11 is 5.81. The van der Waals surface area contributed by atoms with Crippen LogP contribution in [0.25, 0.3) is 0 Å². The Labute approximate surface area is 87.7 Å². The quantitative estimate of drug-likeness (QED) is 0.736. The molecule has 1 aromatic carbocycles. The maximum Gasteiger partial charge on any atom is 0.267 e. The van der Waals surface area contributed by atoms with Crippen LogP contribution < -0.4 is 0 Å². The van der Waals surface area contributed by atoms with E-state index in [1.54, 1.807) is 18.2 Å². The van der Waals surface area contributed by atoms with Crippen molar-refractivity contribution < 1.29 is 8.42 Å². The van der Waals surface area contributed by atoms with E-state index in [9.17, 15) is 8.42 Å². The summed E-state index contributed by atoms with van der Waals surface area (Å²) in [5.74, 6) is 0. The highest BCUT2D eigenvalue weighted by atomic mass is 35.5. The molecule has 0 N–H and O–H groups in total.